The first kappa shape index (κ1) is 14.9. The van der Waals surface area contributed by atoms with Crippen LogP contribution in [0.1, 0.15) is 36.0 Å². The Morgan fingerprint density at radius 1 is 1.45 bits per heavy atom. The van der Waals surface area contributed by atoms with E-state index in [0.29, 0.717) is 12.2 Å². The van der Waals surface area contributed by atoms with Crippen molar-refractivity contribution in [3.8, 4) is 5.75 Å². The molecule has 0 bridgehead atoms. The molecule has 0 saturated carbocycles. The minimum atomic E-state index is -0.330. The first-order valence-corrected chi connectivity index (χ1v) is 7.31. The lowest BCUT2D eigenvalue weighted by Crippen LogP contribution is -2.29. The number of nitrogens with one attached hydrogen (secondary N) is 1. The van der Waals surface area contributed by atoms with E-state index in [1.54, 1.807) is 12.1 Å². The number of ether oxygens (including phenoxy) is 2. The minimum Gasteiger partial charge on any atom is -0.494 e. The molecule has 1 saturated heterocycles. The van der Waals surface area contributed by atoms with Gasteiger partial charge in [-0.05, 0) is 62.9 Å². The lowest BCUT2D eigenvalue weighted by atomic mass is 9.95. The molecule has 1 fully saturated rings. The molecule has 1 heterocycles. The SMILES string of the molecule is COC(=O)c1cccc(OCCCC2CCCNC2)c1. The molecule has 0 aliphatic carbocycles. The van der Waals surface area contributed by atoms with E-state index in [1.165, 1.54) is 26.4 Å². The molecular formula is C16H23NO3. The van der Waals surface area contributed by atoms with Crippen LogP contribution in [-0.2, 0) is 4.74 Å². The van der Waals surface area contributed by atoms with Gasteiger partial charge in [0.2, 0.25) is 0 Å². The Hall–Kier alpha value is -1.55. The van der Waals surface area contributed by atoms with Crippen molar-refractivity contribution in [1.82, 2.24) is 5.32 Å². The van der Waals surface area contributed by atoms with Gasteiger partial charge in [-0.25, -0.2) is 4.79 Å². The highest BCUT2D eigenvalue weighted by molar-refractivity contribution is 5.89. The van der Waals surface area contributed by atoms with Crippen molar-refractivity contribution in [3.05, 3.63) is 29.8 Å². The van der Waals surface area contributed by atoms with Gasteiger partial charge >= 0.3 is 5.97 Å². The number of carbonyl (C=O) groups excluding carboxylic acids is 1. The first-order chi connectivity index (χ1) is 9.79. The number of esters is 1. The molecule has 1 unspecified atom stereocenters. The maximum absolute atomic E-state index is 11.4. The molecule has 0 amide bonds. The fourth-order valence-electron chi connectivity index (χ4n) is 2.56. The molecule has 1 aromatic rings. The van der Waals surface area contributed by atoms with Crippen molar-refractivity contribution < 1.29 is 14.3 Å². The summed E-state index contributed by atoms with van der Waals surface area (Å²) >= 11 is 0. The largest absolute Gasteiger partial charge is 0.494 e. The van der Waals surface area contributed by atoms with Crippen molar-refractivity contribution >= 4 is 5.97 Å². The average molecular weight is 277 g/mol. The van der Waals surface area contributed by atoms with Crippen LogP contribution in [0.15, 0.2) is 24.3 Å². The molecule has 1 N–H and O–H groups in total. The summed E-state index contributed by atoms with van der Waals surface area (Å²) < 4.78 is 10.4. The average Bonchev–Trinajstić information content (AvgIpc) is 2.52. The molecule has 0 spiro atoms. The highest BCUT2D eigenvalue weighted by atomic mass is 16.5. The summed E-state index contributed by atoms with van der Waals surface area (Å²) in [5.74, 6) is 1.19. The summed E-state index contributed by atoms with van der Waals surface area (Å²) in [6, 6.07) is 7.14. The predicted molar refractivity (Wildman–Crippen MR) is 78.1 cm³/mol. The van der Waals surface area contributed by atoms with Crippen molar-refractivity contribution in [2.45, 2.75) is 25.7 Å². The fraction of sp³-hybridized carbons (Fsp3) is 0.562. The van der Waals surface area contributed by atoms with E-state index >= 15 is 0 Å². The van der Waals surface area contributed by atoms with Gasteiger partial charge in [0.1, 0.15) is 5.75 Å². The lowest BCUT2D eigenvalue weighted by Gasteiger charge is -2.22. The molecule has 1 atom stereocenters. The van der Waals surface area contributed by atoms with E-state index in [1.807, 2.05) is 12.1 Å². The molecule has 20 heavy (non-hydrogen) atoms. The van der Waals surface area contributed by atoms with E-state index < -0.39 is 0 Å². The van der Waals surface area contributed by atoms with Crippen LogP contribution in [0.5, 0.6) is 5.75 Å². The van der Waals surface area contributed by atoms with Crippen LogP contribution < -0.4 is 10.1 Å². The Bertz CT molecular complexity index is 427. The molecule has 1 aliphatic rings. The number of rotatable bonds is 6. The van der Waals surface area contributed by atoms with Gasteiger partial charge in [0.25, 0.3) is 0 Å². The number of piperidine rings is 1. The third-order valence-electron chi connectivity index (χ3n) is 3.68. The highest BCUT2D eigenvalue weighted by Crippen LogP contribution is 2.18. The summed E-state index contributed by atoms with van der Waals surface area (Å²) in [5.41, 5.74) is 0.529. The summed E-state index contributed by atoms with van der Waals surface area (Å²) in [6.07, 6.45) is 4.86. The van der Waals surface area contributed by atoms with Crippen LogP contribution in [0, 0.1) is 5.92 Å². The number of carbonyl (C=O) groups is 1. The van der Waals surface area contributed by atoms with Gasteiger partial charge in [-0.2, -0.15) is 0 Å². The molecular weight excluding hydrogens is 254 g/mol. The smallest absolute Gasteiger partial charge is 0.337 e. The summed E-state index contributed by atoms with van der Waals surface area (Å²) in [6.45, 7) is 2.99. The third kappa shape index (κ3) is 4.53. The molecule has 4 heteroatoms. The van der Waals surface area contributed by atoms with Crippen molar-refractivity contribution in [2.24, 2.45) is 5.92 Å². The van der Waals surface area contributed by atoms with Gasteiger partial charge in [0.15, 0.2) is 0 Å². The first-order valence-electron chi connectivity index (χ1n) is 7.31. The number of benzene rings is 1. The Morgan fingerprint density at radius 2 is 2.35 bits per heavy atom. The topological polar surface area (TPSA) is 47.6 Å². The Morgan fingerprint density at radius 3 is 3.10 bits per heavy atom. The van der Waals surface area contributed by atoms with Crippen LogP contribution in [0.25, 0.3) is 0 Å². The highest BCUT2D eigenvalue weighted by Gasteiger charge is 2.12. The predicted octanol–water partition coefficient (Wildman–Crippen LogP) is 2.63. The fourth-order valence-corrected chi connectivity index (χ4v) is 2.56. The van der Waals surface area contributed by atoms with Crippen LogP contribution in [0.2, 0.25) is 0 Å². The van der Waals surface area contributed by atoms with Gasteiger partial charge in [0.05, 0.1) is 19.3 Å². The Kier molecular flexibility index (Phi) is 5.87. The lowest BCUT2D eigenvalue weighted by molar-refractivity contribution is 0.0600. The van der Waals surface area contributed by atoms with Crippen LogP contribution >= 0.6 is 0 Å². The van der Waals surface area contributed by atoms with Gasteiger partial charge in [-0.15, -0.1) is 0 Å². The van der Waals surface area contributed by atoms with Crippen molar-refractivity contribution in [2.75, 3.05) is 26.8 Å². The Balaban J connectivity index is 1.72. The molecule has 2 rings (SSSR count). The van der Waals surface area contributed by atoms with E-state index in [0.717, 1.165) is 31.2 Å². The zero-order valence-electron chi connectivity index (χ0n) is 12.1. The molecule has 0 radical (unpaired) electrons. The van der Waals surface area contributed by atoms with E-state index in [2.05, 4.69) is 5.32 Å². The van der Waals surface area contributed by atoms with Crippen LogP contribution in [0.4, 0.5) is 0 Å². The van der Waals surface area contributed by atoms with Gasteiger partial charge in [0, 0.05) is 0 Å². The number of methoxy groups -OCH3 is 1. The van der Waals surface area contributed by atoms with E-state index in [9.17, 15) is 4.79 Å². The van der Waals surface area contributed by atoms with Crippen molar-refractivity contribution in [3.63, 3.8) is 0 Å². The van der Waals surface area contributed by atoms with E-state index in [-0.39, 0.29) is 5.97 Å². The van der Waals surface area contributed by atoms with Gasteiger partial charge < -0.3 is 14.8 Å². The Labute approximate surface area is 120 Å². The van der Waals surface area contributed by atoms with Crippen molar-refractivity contribution in [1.29, 1.82) is 0 Å². The zero-order valence-corrected chi connectivity index (χ0v) is 12.1. The van der Waals surface area contributed by atoms with E-state index in [4.69, 9.17) is 9.47 Å². The minimum absolute atomic E-state index is 0.330. The zero-order chi connectivity index (χ0) is 14.2. The maximum atomic E-state index is 11.4. The van der Waals surface area contributed by atoms with Gasteiger partial charge in [-0.3, -0.25) is 0 Å². The normalized spacial score (nSPS) is 18.6. The quantitative estimate of drug-likeness (QED) is 0.641. The monoisotopic (exact) mass is 277 g/mol. The molecule has 4 nitrogen and oxygen atoms in total. The molecule has 110 valence electrons. The second kappa shape index (κ2) is 7.90. The number of hydrogen-bond acceptors (Lipinski definition) is 4. The van der Waals surface area contributed by atoms with Crippen LogP contribution in [0.3, 0.4) is 0 Å². The second-order valence-electron chi connectivity index (χ2n) is 5.22. The third-order valence-corrected chi connectivity index (χ3v) is 3.68. The standard InChI is InChI=1S/C16H23NO3/c1-19-16(18)14-7-2-8-15(11-14)20-10-4-6-13-5-3-9-17-12-13/h2,7-8,11,13,17H,3-6,9-10,12H2,1H3. The molecule has 1 aliphatic heterocycles. The number of hydrogen-bond donors (Lipinski definition) is 1. The maximum Gasteiger partial charge on any atom is 0.337 e. The molecule has 1 aromatic carbocycles. The summed E-state index contributed by atoms with van der Waals surface area (Å²) in [4.78, 5) is 11.4. The summed E-state index contributed by atoms with van der Waals surface area (Å²) in [5, 5.41) is 3.43. The summed E-state index contributed by atoms with van der Waals surface area (Å²) in [7, 11) is 1.38. The molecule has 0 aromatic heterocycles. The van der Waals surface area contributed by atoms with Gasteiger partial charge in [-0.1, -0.05) is 6.07 Å². The van der Waals surface area contributed by atoms with Crippen LogP contribution in [-0.4, -0.2) is 32.8 Å². The second-order valence-corrected chi connectivity index (χ2v) is 5.22.